The lowest BCUT2D eigenvalue weighted by Crippen LogP contribution is -2.53. The normalized spacial score (nSPS) is 11.4. The van der Waals surface area contributed by atoms with Crippen LogP contribution in [-0.2, 0) is 4.79 Å². The number of carbonyl (C=O) groups excluding carboxylic acids is 3. The van der Waals surface area contributed by atoms with E-state index in [2.05, 4.69) is 16.2 Å². The molecule has 9 heteroatoms. The summed E-state index contributed by atoms with van der Waals surface area (Å²) in [5.74, 6) is -0.466. The Morgan fingerprint density at radius 1 is 1.27 bits per heavy atom. The van der Waals surface area contributed by atoms with E-state index >= 15 is 0 Å². The Kier molecular flexibility index (Phi) is 7.55. The van der Waals surface area contributed by atoms with Crippen LogP contribution in [0.2, 0.25) is 5.02 Å². The molecule has 0 spiro atoms. The van der Waals surface area contributed by atoms with E-state index in [1.54, 1.807) is 18.2 Å². The van der Waals surface area contributed by atoms with Crippen LogP contribution in [0.15, 0.2) is 24.3 Å². The van der Waals surface area contributed by atoms with Crippen molar-refractivity contribution in [3.63, 3.8) is 0 Å². The maximum Gasteiger partial charge on any atom is 0.312 e. The predicted octanol–water partition coefficient (Wildman–Crippen LogP) is 0.891. The summed E-state index contributed by atoms with van der Waals surface area (Å²) in [6, 6.07) is 4.80. The van der Waals surface area contributed by atoms with Gasteiger partial charge in [0, 0.05) is 0 Å². The number of benzene rings is 1. The molecule has 0 aromatic heterocycles. The molecule has 0 unspecified atom stereocenters. The fourth-order valence-corrected chi connectivity index (χ4v) is 2.29. The zero-order valence-corrected chi connectivity index (χ0v) is 13.5. The van der Waals surface area contributed by atoms with E-state index in [1.165, 1.54) is 17.8 Å². The lowest BCUT2D eigenvalue weighted by Gasteiger charge is -2.17. The van der Waals surface area contributed by atoms with Gasteiger partial charge in [0.05, 0.1) is 10.6 Å². The van der Waals surface area contributed by atoms with Crippen molar-refractivity contribution >= 4 is 41.2 Å². The summed E-state index contributed by atoms with van der Waals surface area (Å²) in [6.45, 7) is 0. The minimum atomic E-state index is -0.823. The number of nitrogens with two attached hydrogens (primary N) is 1. The second-order valence-corrected chi connectivity index (χ2v) is 5.66. The number of amides is 4. The van der Waals surface area contributed by atoms with Gasteiger partial charge in [-0.2, -0.15) is 11.8 Å². The van der Waals surface area contributed by atoms with Crippen molar-refractivity contribution in [1.29, 1.82) is 0 Å². The lowest BCUT2D eigenvalue weighted by atomic mass is 10.2. The standard InChI is InChI=1S/C13H17ClN4O3S/c1-22-7-6-10(16-13(15)21)12(20)18-17-11(19)8-4-2-3-5-9(8)14/h2-5,10H,6-7H2,1H3,(H,17,19)(H,18,20)(H3,15,16,21)/t10-/m1/s1. The molecule has 7 nitrogen and oxygen atoms in total. The van der Waals surface area contributed by atoms with E-state index in [9.17, 15) is 14.4 Å². The number of thioether (sulfide) groups is 1. The van der Waals surface area contributed by atoms with Crippen LogP contribution in [0.4, 0.5) is 4.79 Å². The van der Waals surface area contributed by atoms with Gasteiger partial charge in [-0.15, -0.1) is 0 Å². The van der Waals surface area contributed by atoms with Crippen molar-refractivity contribution in [2.24, 2.45) is 5.73 Å². The highest BCUT2D eigenvalue weighted by atomic mass is 35.5. The first-order valence-electron chi connectivity index (χ1n) is 6.35. The maximum absolute atomic E-state index is 12.0. The Morgan fingerprint density at radius 2 is 1.95 bits per heavy atom. The Hall–Kier alpha value is -1.93. The molecule has 1 aromatic rings. The summed E-state index contributed by atoms with van der Waals surface area (Å²) in [5, 5.41) is 2.59. The highest BCUT2D eigenvalue weighted by Gasteiger charge is 2.20. The second kappa shape index (κ2) is 9.16. The van der Waals surface area contributed by atoms with E-state index in [1.807, 2.05) is 6.26 Å². The zero-order valence-electron chi connectivity index (χ0n) is 11.9. The first kappa shape index (κ1) is 18.1. The number of primary amides is 1. The van der Waals surface area contributed by atoms with Gasteiger partial charge >= 0.3 is 6.03 Å². The highest BCUT2D eigenvalue weighted by molar-refractivity contribution is 7.98. The van der Waals surface area contributed by atoms with E-state index in [-0.39, 0.29) is 10.6 Å². The van der Waals surface area contributed by atoms with Gasteiger partial charge < -0.3 is 11.1 Å². The molecule has 0 bridgehead atoms. The number of hydrogen-bond donors (Lipinski definition) is 4. The quantitative estimate of drug-likeness (QED) is 0.574. The number of hydrogen-bond acceptors (Lipinski definition) is 4. The number of nitrogens with one attached hydrogen (secondary N) is 3. The van der Waals surface area contributed by atoms with Gasteiger partial charge in [-0.05, 0) is 30.6 Å². The minimum absolute atomic E-state index is 0.230. The van der Waals surface area contributed by atoms with Crippen molar-refractivity contribution in [1.82, 2.24) is 16.2 Å². The molecule has 0 aliphatic heterocycles. The zero-order chi connectivity index (χ0) is 16.5. The topological polar surface area (TPSA) is 113 Å². The summed E-state index contributed by atoms with van der Waals surface area (Å²) in [4.78, 5) is 34.8. The van der Waals surface area contributed by atoms with Crippen molar-refractivity contribution < 1.29 is 14.4 Å². The average Bonchev–Trinajstić information content (AvgIpc) is 2.48. The van der Waals surface area contributed by atoms with E-state index in [4.69, 9.17) is 17.3 Å². The SMILES string of the molecule is CSCC[C@@H](NC(N)=O)C(=O)NNC(=O)c1ccccc1Cl. The van der Waals surface area contributed by atoms with Crippen LogP contribution in [0.25, 0.3) is 0 Å². The Morgan fingerprint density at radius 3 is 2.55 bits per heavy atom. The van der Waals surface area contributed by atoms with E-state index < -0.39 is 23.9 Å². The van der Waals surface area contributed by atoms with Crippen LogP contribution in [0, 0.1) is 0 Å². The van der Waals surface area contributed by atoms with Crippen LogP contribution in [0.5, 0.6) is 0 Å². The molecule has 4 amide bonds. The molecule has 0 saturated carbocycles. The van der Waals surface area contributed by atoms with Crippen LogP contribution in [0.3, 0.4) is 0 Å². The number of carbonyl (C=O) groups is 3. The Balaban J connectivity index is 2.60. The fourth-order valence-electron chi connectivity index (χ4n) is 1.59. The monoisotopic (exact) mass is 344 g/mol. The number of halogens is 1. The molecule has 1 atom stereocenters. The Labute approximate surface area is 137 Å². The highest BCUT2D eigenvalue weighted by Crippen LogP contribution is 2.14. The van der Waals surface area contributed by atoms with Crippen molar-refractivity contribution in [2.45, 2.75) is 12.5 Å². The molecule has 0 aliphatic carbocycles. The first-order chi connectivity index (χ1) is 10.5. The molecule has 120 valence electrons. The summed E-state index contributed by atoms with van der Waals surface area (Å²) in [5.41, 5.74) is 9.75. The molecule has 0 saturated heterocycles. The van der Waals surface area contributed by atoms with Gasteiger partial charge in [0.15, 0.2) is 0 Å². The van der Waals surface area contributed by atoms with Crippen molar-refractivity contribution in [3.05, 3.63) is 34.9 Å². The Bertz CT molecular complexity index is 556. The molecule has 22 heavy (non-hydrogen) atoms. The predicted molar refractivity (Wildman–Crippen MR) is 86.6 cm³/mol. The molecule has 0 radical (unpaired) electrons. The van der Waals surface area contributed by atoms with Crippen LogP contribution in [0.1, 0.15) is 16.8 Å². The summed E-state index contributed by atoms with van der Waals surface area (Å²) >= 11 is 7.41. The molecular formula is C13H17ClN4O3S. The number of urea groups is 1. The molecular weight excluding hydrogens is 328 g/mol. The van der Waals surface area contributed by atoms with E-state index in [0.717, 1.165) is 0 Å². The third-order valence-electron chi connectivity index (χ3n) is 2.66. The molecule has 1 rings (SSSR count). The van der Waals surface area contributed by atoms with Gasteiger partial charge in [-0.1, -0.05) is 23.7 Å². The molecule has 0 aliphatic rings. The molecule has 1 aromatic carbocycles. The molecule has 0 heterocycles. The molecule has 0 fully saturated rings. The minimum Gasteiger partial charge on any atom is -0.352 e. The lowest BCUT2D eigenvalue weighted by molar-refractivity contribution is -0.123. The van der Waals surface area contributed by atoms with Gasteiger partial charge in [-0.3, -0.25) is 20.4 Å². The second-order valence-electron chi connectivity index (χ2n) is 4.27. The van der Waals surface area contributed by atoms with E-state index in [0.29, 0.717) is 12.2 Å². The first-order valence-corrected chi connectivity index (χ1v) is 8.12. The van der Waals surface area contributed by atoms with Gasteiger partial charge in [0.2, 0.25) is 0 Å². The summed E-state index contributed by atoms with van der Waals surface area (Å²) in [6.07, 6.45) is 2.26. The largest absolute Gasteiger partial charge is 0.352 e. The van der Waals surface area contributed by atoms with Crippen LogP contribution in [-0.4, -0.2) is 35.9 Å². The summed E-state index contributed by atoms with van der Waals surface area (Å²) in [7, 11) is 0. The number of hydrazine groups is 1. The van der Waals surface area contributed by atoms with Crippen molar-refractivity contribution in [2.75, 3.05) is 12.0 Å². The summed E-state index contributed by atoms with van der Waals surface area (Å²) < 4.78 is 0. The van der Waals surface area contributed by atoms with Gasteiger partial charge in [0.25, 0.3) is 11.8 Å². The van der Waals surface area contributed by atoms with Crippen LogP contribution >= 0.6 is 23.4 Å². The van der Waals surface area contributed by atoms with Crippen molar-refractivity contribution in [3.8, 4) is 0 Å². The smallest absolute Gasteiger partial charge is 0.312 e. The maximum atomic E-state index is 12.0. The van der Waals surface area contributed by atoms with Gasteiger partial charge in [0.1, 0.15) is 6.04 Å². The average molecular weight is 345 g/mol. The third kappa shape index (κ3) is 5.82. The van der Waals surface area contributed by atoms with Gasteiger partial charge in [-0.25, -0.2) is 4.79 Å². The third-order valence-corrected chi connectivity index (χ3v) is 3.63. The number of rotatable bonds is 6. The fraction of sp³-hybridized carbons (Fsp3) is 0.308. The van der Waals surface area contributed by atoms with Crippen LogP contribution < -0.4 is 21.9 Å². The molecule has 5 N–H and O–H groups in total.